The molecule has 1 aromatic carbocycles. The summed E-state index contributed by atoms with van der Waals surface area (Å²) in [6, 6.07) is 7.07. The van der Waals surface area contributed by atoms with Crippen molar-refractivity contribution in [1.29, 1.82) is 0 Å². The molecule has 0 spiro atoms. The van der Waals surface area contributed by atoms with Gasteiger partial charge in [0, 0.05) is 44.0 Å². The maximum atomic E-state index is 11.5. The zero-order valence-corrected chi connectivity index (χ0v) is 14.4. The number of primary amides is 1. The topological polar surface area (TPSA) is 93.6 Å². The number of ether oxygens (including phenoxy) is 1. The van der Waals surface area contributed by atoms with Crippen LogP contribution in [0, 0.1) is 0 Å². The molecule has 2 aromatic rings. The Balaban J connectivity index is 1.72. The van der Waals surface area contributed by atoms with Gasteiger partial charge in [0.15, 0.2) is 0 Å². The Bertz CT molecular complexity index is 736. The minimum absolute atomic E-state index is 0.171. The van der Waals surface area contributed by atoms with Crippen LogP contribution in [0.15, 0.2) is 30.5 Å². The number of nitrogens with two attached hydrogens (primary N) is 1. The summed E-state index contributed by atoms with van der Waals surface area (Å²) in [7, 11) is 1.84. The Morgan fingerprint density at radius 1 is 1.36 bits per heavy atom. The minimum atomic E-state index is -0.471. The van der Waals surface area contributed by atoms with E-state index in [0.717, 1.165) is 43.7 Å². The fourth-order valence-corrected chi connectivity index (χ4v) is 3.08. The smallest absolute Gasteiger partial charge is 0.248 e. The zero-order valence-electron chi connectivity index (χ0n) is 14.4. The molecule has 0 unspecified atom stereocenters. The number of carbonyl (C=O) groups is 1. The molecule has 7 heteroatoms. The van der Waals surface area contributed by atoms with Gasteiger partial charge < -0.3 is 15.6 Å². The second-order valence-corrected chi connectivity index (χ2v) is 6.34. The van der Waals surface area contributed by atoms with E-state index < -0.39 is 5.91 Å². The molecule has 0 saturated carbocycles. The predicted molar refractivity (Wildman–Crippen MR) is 94.3 cm³/mol. The first-order chi connectivity index (χ1) is 12.0. The van der Waals surface area contributed by atoms with Gasteiger partial charge in [0.2, 0.25) is 5.91 Å². The molecule has 3 N–H and O–H groups in total. The third-order valence-corrected chi connectivity index (χ3v) is 4.58. The summed E-state index contributed by atoms with van der Waals surface area (Å²) in [4.78, 5) is 13.8. The summed E-state index contributed by atoms with van der Waals surface area (Å²) in [5.41, 5.74) is 7.50. The Hall–Kier alpha value is -2.38. The standard InChI is InChI=1S/C18H24N4O3/c1-21-16(4-7-20-21)15-12-13(18(19)24)2-3-17(15)25-11-10-22-8-5-14(23)6-9-22/h2-4,7,12,14,23H,5-6,8-11H2,1H3,(H2,19,24). The SMILES string of the molecule is Cn1nccc1-c1cc(C(N)=O)ccc1OCCN1CCC(O)CC1. The van der Waals surface area contributed by atoms with Gasteiger partial charge >= 0.3 is 0 Å². The summed E-state index contributed by atoms with van der Waals surface area (Å²) in [6.45, 7) is 3.12. The van der Waals surface area contributed by atoms with Gasteiger partial charge in [-0.15, -0.1) is 0 Å². The number of rotatable bonds is 6. The van der Waals surface area contributed by atoms with Gasteiger partial charge in [0.25, 0.3) is 0 Å². The lowest BCUT2D eigenvalue weighted by molar-refractivity contribution is 0.0755. The summed E-state index contributed by atoms with van der Waals surface area (Å²) in [5, 5.41) is 13.7. The molecule has 7 nitrogen and oxygen atoms in total. The van der Waals surface area contributed by atoms with E-state index in [0.29, 0.717) is 17.9 Å². The molecular formula is C18H24N4O3. The molecule has 1 aliphatic heterocycles. The van der Waals surface area contributed by atoms with E-state index in [2.05, 4.69) is 10.00 Å². The van der Waals surface area contributed by atoms with Crippen molar-refractivity contribution < 1.29 is 14.6 Å². The number of aliphatic hydroxyl groups is 1. The number of aliphatic hydroxyl groups excluding tert-OH is 1. The minimum Gasteiger partial charge on any atom is -0.492 e. The van der Waals surface area contributed by atoms with Crippen LogP contribution in [0.4, 0.5) is 0 Å². The number of aryl methyl sites for hydroxylation is 1. The van der Waals surface area contributed by atoms with Crippen LogP contribution in [0.3, 0.4) is 0 Å². The number of amides is 1. The molecule has 1 fully saturated rings. The lowest BCUT2D eigenvalue weighted by atomic mass is 10.1. The molecule has 1 saturated heterocycles. The van der Waals surface area contributed by atoms with Gasteiger partial charge in [-0.2, -0.15) is 5.10 Å². The maximum Gasteiger partial charge on any atom is 0.248 e. The van der Waals surface area contributed by atoms with Gasteiger partial charge in [0.1, 0.15) is 12.4 Å². The zero-order chi connectivity index (χ0) is 17.8. The largest absolute Gasteiger partial charge is 0.492 e. The Kier molecular flexibility index (Phi) is 5.35. The van der Waals surface area contributed by atoms with Gasteiger partial charge in [-0.25, -0.2) is 0 Å². The first kappa shape index (κ1) is 17.4. The van der Waals surface area contributed by atoms with E-state index in [9.17, 15) is 9.90 Å². The summed E-state index contributed by atoms with van der Waals surface area (Å²) in [6.07, 6.45) is 3.16. The molecular weight excluding hydrogens is 320 g/mol. The normalized spacial score (nSPS) is 16.1. The van der Waals surface area contributed by atoms with Gasteiger partial charge in [-0.1, -0.05) is 0 Å². The van der Waals surface area contributed by atoms with Crippen LogP contribution in [0.25, 0.3) is 11.3 Å². The highest BCUT2D eigenvalue weighted by Crippen LogP contribution is 2.30. The van der Waals surface area contributed by atoms with E-state index in [1.54, 1.807) is 29.1 Å². The quantitative estimate of drug-likeness (QED) is 0.816. The number of piperidine rings is 1. The summed E-state index contributed by atoms with van der Waals surface area (Å²) >= 11 is 0. The third-order valence-electron chi connectivity index (χ3n) is 4.58. The van der Waals surface area contributed by atoms with Crippen LogP contribution in [-0.2, 0) is 7.05 Å². The van der Waals surface area contributed by atoms with Gasteiger partial charge in [0.05, 0.1) is 11.8 Å². The lowest BCUT2D eigenvalue weighted by Gasteiger charge is -2.29. The number of nitrogens with zero attached hydrogens (tertiary/aromatic N) is 3. The van der Waals surface area contributed by atoms with Gasteiger partial charge in [-0.05, 0) is 37.1 Å². The number of likely N-dealkylation sites (tertiary alicyclic amines) is 1. The van der Waals surface area contributed by atoms with Crippen LogP contribution in [0.2, 0.25) is 0 Å². The van der Waals surface area contributed by atoms with Crippen molar-refractivity contribution in [2.24, 2.45) is 12.8 Å². The average Bonchev–Trinajstić information content (AvgIpc) is 3.02. The molecule has 0 aliphatic carbocycles. The van der Waals surface area contributed by atoms with Crippen LogP contribution in [0.1, 0.15) is 23.2 Å². The molecule has 2 heterocycles. The second kappa shape index (κ2) is 7.67. The highest BCUT2D eigenvalue weighted by molar-refractivity contribution is 5.94. The Morgan fingerprint density at radius 2 is 2.12 bits per heavy atom. The van der Waals surface area contributed by atoms with Crippen molar-refractivity contribution in [2.75, 3.05) is 26.2 Å². The highest BCUT2D eigenvalue weighted by atomic mass is 16.5. The first-order valence-corrected chi connectivity index (χ1v) is 8.50. The van der Waals surface area contributed by atoms with E-state index in [-0.39, 0.29) is 6.10 Å². The molecule has 3 rings (SSSR count). The van der Waals surface area contributed by atoms with Crippen molar-refractivity contribution in [1.82, 2.24) is 14.7 Å². The van der Waals surface area contributed by atoms with Crippen molar-refractivity contribution in [3.05, 3.63) is 36.0 Å². The molecule has 25 heavy (non-hydrogen) atoms. The number of hydrogen-bond acceptors (Lipinski definition) is 5. The highest BCUT2D eigenvalue weighted by Gasteiger charge is 2.17. The molecule has 1 amide bonds. The maximum absolute atomic E-state index is 11.5. The lowest BCUT2D eigenvalue weighted by Crippen LogP contribution is -2.38. The second-order valence-electron chi connectivity index (χ2n) is 6.34. The molecule has 0 radical (unpaired) electrons. The molecule has 134 valence electrons. The Labute approximate surface area is 147 Å². The van der Waals surface area contributed by atoms with Crippen molar-refractivity contribution in [2.45, 2.75) is 18.9 Å². The van der Waals surface area contributed by atoms with Crippen molar-refractivity contribution >= 4 is 5.91 Å². The number of carbonyl (C=O) groups excluding carboxylic acids is 1. The number of benzene rings is 1. The fraction of sp³-hybridized carbons (Fsp3) is 0.444. The third kappa shape index (κ3) is 4.18. The van der Waals surface area contributed by atoms with E-state index in [1.807, 2.05) is 13.1 Å². The van der Waals surface area contributed by atoms with Gasteiger partial charge in [-0.3, -0.25) is 14.4 Å². The number of aromatic nitrogens is 2. The monoisotopic (exact) mass is 344 g/mol. The predicted octanol–water partition coefficient (Wildman–Crippen LogP) is 1.02. The fourth-order valence-electron chi connectivity index (χ4n) is 3.08. The molecule has 0 bridgehead atoms. The van der Waals surface area contributed by atoms with Crippen molar-refractivity contribution in [3.8, 4) is 17.0 Å². The molecule has 1 aromatic heterocycles. The van der Waals surface area contributed by atoms with Crippen LogP contribution < -0.4 is 10.5 Å². The van der Waals surface area contributed by atoms with Crippen LogP contribution >= 0.6 is 0 Å². The first-order valence-electron chi connectivity index (χ1n) is 8.50. The van der Waals surface area contributed by atoms with Crippen LogP contribution in [0.5, 0.6) is 5.75 Å². The van der Waals surface area contributed by atoms with Crippen molar-refractivity contribution in [3.63, 3.8) is 0 Å². The number of hydrogen-bond donors (Lipinski definition) is 2. The van der Waals surface area contributed by atoms with Crippen LogP contribution in [-0.4, -0.2) is 58.0 Å². The Morgan fingerprint density at radius 3 is 2.76 bits per heavy atom. The molecule has 1 aliphatic rings. The summed E-state index contributed by atoms with van der Waals surface area (Å²) in [5.74, 6) is 0.229. The van der Waals surface area contributed by atoms with E-state index >= 15 is 0 Å². The molecule has 0 atom stereocenters. The van der Waals surface area contributed by atoms with E-state index in [4.69, 9.17) is 10.5 Å². The summed E-state index contributed by atoms with van der Waals surface area (Å²) < 4.78 is 7.72. The average molecular weight is 344 g/mol. The van der Waals surface area contributed by atoms with E-state index in [1.165, 1.54) is 0 Å².